The van der Waals surface area contributed by atoms with E-state index in [1.807, 2.05) is 0 Å². The van der Waals surface area contributed by atoms with Gasteiger partial charge in [0.1, 0.15) is 23.2 Å². The smallest absolute Gasteiger partial charge is 0.336 e. The fourth-order valence-corrected chi connectivity index (χ4v) is 2.67. The molecule has 3 rings (SSSR count). The van der Waals surface area contributed by atoms with Crippen LogP contribution in [0.4, 0.5) is 5.69 Å². The summed E-state index contributed by atoms with van der Waals surface area (Å²) < 4.78 is 5.59. The SMILES string of the molecule is N#C/C(=C\c1ccc(-c2ccccc2C(=O)O)o1)C(=O)c1cccc([N+](=O)[O-])c1. The van der Waals surface area contributed by atoms with E-state index in [1.165, 1.54) is 42.5 Å². The van der Waals surface area contributed by atoms with Crippen LogP contribution in [-0.2, 0) is 0 Å². The van der Waals surface area contributed by atoms with Crippen molar-refractivity contribution in [3.63, 3.8) is 0 Å². The van der Waals surface area contributed by atoms with Crippen LogP contribution in [0.5, 0.6) is 0 Å². The van der Waals surface area contributed by atoms with Crippen LogP contribution in [0.3, 0.4) is 0 Å². The van der Waals surface area contributed by atoms with Crippen molar-refractivity contribution >= 4 is 23.5 Å². The number of nitro groups is 1. The standard InChI is InChI=1S/C21H12N2O6/c22-12-14(20(24)13-4-3-5-15(10-13)23(27)28)11-16-8-9-19(29-16)17-6-1-2-7-18(17)21(25)26/h1-11H,(H,25,26)/b14-11+. The van der Waals surface area contributed by atoms with E-state index in [0.717, 1.165) is 6.07 Å². The van der Waals surface area contributed by atoms with Crippen molar-refractivity contribution in [2.45, 2.75) is 0 Å². The van der Waals surface area contributed by atoms with Gasteiger partial charge in [-0.1, -0.05) is 30.3 Å². The Balaban J connectivity index is 1.95. The maximum Gasteiger partial charge on any atom is 0.336 e. The topological polar surface area (TPSA) is 134 Å². The van der Waals surface area contributed by atoms with E-state index in [-0.39, 0.29) is 33.9 Å². The van der Waals surface area contributed by atoms with Gasteiger partial charge >= 0.3 is 5.97 Å². The van der Waals surface area contributed by atoms with Gasteiger partial charge in [0.2, 0.25) is 5.78 Å². The first-order chi connectivity index (χ1) is 13.9. The number of hydrogen-bond donors (Lipinski definition) is 1. The molecule has 142 valence electrons. The molecule has 8 nitrogen and oxygen atoms in total. The number of ketones is 1. The Kier molecular flexibility index (Phi) is 5.33. The van der Waals surface area contributed by atoms with Crippen LogP contribution >= 0.6 is 0 Å². The number of hydrogen-bond acceptors (Lipinski definition) is 6. The Morgan fingerprint density at radius 2 is 1.86 bits per heavy atom. The predicted octanol–water partition coefficient (Wildman–Crippen LogP) is 4.34. The van der Waals surface area contributed by atoms with Crippen molar-refractivity contribution in [2.24, 2.45) is 0 Å². The van der Waals surface area contributed by atoms with E-state index < -0.39 is 16.7 Å². The first-order valence-corrected chi connectivity index (χ1v) is 8.24. The van der Waals surface area contributed by atoms with Crippen molar-refractivity contribution in [1.82, 2.24) is 0 Å². The fourth-order valence-electron chi connectivity index (χ4n) is 2.67. The highest BCUT2D eigenvalue weighted by atomic mass is 16.6. The summed E-state index contributed by atoms with van der Waals surface area (Å²) in [6.07, 6.45) is 1.20. The molecule has 0 fully saturated rings. The number of allylic oxidation sites excluding steroid dienone is 1. The summed E-state index contributed by atoms with van der Waals surface area (Å²) in [4.78, 5) is 34.1. The molecule has 0 aliphatic carbocycles. The molecule has 0 amide bonds. The highest BCUT2D eigenvalue weighted by Crippen LogP contribution is 2.27. The minimum Gasteiger partial charge on any atom is -0.478 e. The van der Waals surface area contributed by atoms with Crippen molar-refractivity contribution in [3.8, 4) is 17.4 Å². The number of carbonyl (C=O) groups is 2. The zero-order chi connectivity index (χ0) is 21.0. The van der Waals surface area contributed by atoms with Crippen LogP contribution in [0.1, 0.15) is 26.5 Å². The lowest BCUT2D eigenvalue weighted by Crippen LogP contribution is -2.02. The van der Waals surface area contributed by atoms with Gasteiger partial charge in [0.25, 0.3) is 5.69 Å². The highest BCUT2D eigenvalue weighted by molar-refractivity contribution is 6.14. The number of nitro benzene ring substituents is 1. The first kappa shape index (κ1) is 19.3. The summed E-state index contributed by atoms with van der Waals surface area (Å²) in [6.45, 7) is 0. The molecule has 0 spiro atoms. The Hall–Kier alpha value is -4.51. The first-order valence-electron chi connectivity index (χ1n) is 8.24. The Labute approximate surface area is 164 Å². The van der Waals surface area contributed by atoms with E-state index in [2.05, 4.69) is 0 Å². The van der Waals surface area contributed by atoms with E-state index in [1.54, 1.807) is 24.3 Å². The zero-order valence-electron chi connectivity index (χ0n) is 14.7. The molecule has 0 saturated carbocycles. The summed E-state index contributed by atoms with van der Waals surface area (Å²) >= 11 is 0. The summed E-state index contributed by atoms with van der Waals surface area (Å²) in [5.41, 5.74) is -0.152. The highest BCUT2D eigenvalue weighted by Gasteiger charge is 2.17. The van der Waals surface area contributed by atoms with Crippen molar-refractivity contribution in [2.75, 3.05) is 0 Å². The quantitative estimate of drug-likeness (QED) is 0.218. The van der Waals surface area contributed by atoms with E-state index >= 15 is 0 Å². The monoisotopic (exact) mass is 388 g/mol. The van der Waals surface area contributed by atoms with Crippen LogP contribution in [0.15, 0.2) is 70.7 Å². The number of non-ortho nitro benzene ring substituents is 1. The number of nitriles is 1. The number of rotatable bonds is 6. The van der Waals surface area contributed by atoms with E-state index in [4.69, 9.17) is 4.42 Å². The molecule has 0 atom stereocenters. The van der Waals surface area contributed by atoms with Gasteiger partial charge in [-0.2, -0.15) is 5.26 Å². The molecule has 8 heteroatoms. The minimum absolute atomic E-state index is 0.00463. The van der Waals surface area contributed by atoms with Crippen LogP contribution in [-0.4, -0.2) is 21.8 Å². The number of aromatic carboxylic acids is 1. The Morgan fingerprint density at radius 1 is 1.10 bits per heavy atom. The molecule has 1 N–H and O–H groups in total. The number of benzene rings is 2. The fraction of sp³-hybridized carbons (Fsp3) is 0. The second-order valence-electron chi connectivity index (χ2n) is 5.86. The summed E-state index contributed by atoms with van der Waals surface area (Å²) in [7, 11) is 0. The van der Waals surface area contributed by atoms with Gasteiger partial charge in [0.05, 0.1) is 10.5 Å². The van der Waals surface area contributed by atoms with Crippen LogP contribution < -0.4 is 0 Å². The van der Waals surface area contributed by atoms with Crippen LogP contribution in [0.2, 0.25) is 0 Å². The number of Topliss-reactive ketones (excluding diaryl/α,β-unsaturated/α-hetero) is 1. The lowest BCUT2D eigenvalue weighted by molar-refractivity contribution is -0.384. The average molecular weight is 388 g/mol. The third-order valence-corrected chi connectivity index (χ3v) is 4.02. The van der Waals surface area contributed by atoms with E-state index in [0.29, 0.717) is 5.56 Å². The molecule has 0 unspecified atom stereocenters. The van der Waals surface area contributed by atoms with Gasteiger partial charge < -0.3 is 9.52 Å². The lowest BCUT2D eigenvalue weighted by Gasteiger charge is -2.02. The largest absolute Gasteiger partial charge is 0.478 e. The zero-order valence-corrected chi connectivity index (χ0v) is 14.7. The molecule has 0 radical (unpaired) electrons. The predicted molar refractivity (Wildman–Crippen MR) is 102 cm³/mol. The molecule has 29 heavy (non-hydrogen) atoms. The summed E-state index contributed by atoms with van der Waals surface area (Å²) in [6, 6.07) is 16.1. The Bertz CT molecular complexity index is 1200. The molecule has 0 aliphatic rings. The molecular weight excluding hydrogens is 376 g/mol. The number of carbonyl (C=O) groups excluding carboxylic acids is 1. The molecule has 1 heterocycles. The molecule has 0 bridgehead atoms. The third-order valence-electron chi connectivity index (χ3n) is 4.02. The molecule has 0 saturated heterocycles. The molecular formula is C21H12N2O6. The maximum atomic E-state index is 12.5. The molecule has 3 aromatic rings. The average Bonchev–Trinajstić information content (AvgIpc) is 3.20. The van der Waals surface area contributed by atoms with Crippen LogP contribution in [0.25, 0.3) is 17.4 Å². The van der Waals surface area contributed by atoms with Crippen molar-refractivity contribution in [3.05, 3.63) is 93.2 Å². The number of furan rings is 1. The Morgan fingerprint density at radius 3 is 2.55 bits per heavy atom. The van der Waals surface area contributed by atoms with Gasteiger partial charge in [0, 0.05) is 29.3 Å². The van der Waals surface area contributed by atoms with Gasteiger partial charge in [0.15, 0.2) is 0 Å². The van der Waals surface area contributed by atoms with Gasteiger partial charge in [-0.25, -0.2) is 4.79 Å². The van der Waals surface area contributed by atoms with Gasteiger partial charge in [-0.05, 0) is 18.2 Å². The minimum atomic E-state index is -1.12. The molecule has 1 aromatic heterocycles. The second-order valence-corrected chi connectivity index (χ2v) is 5.86. The maximum absolute atomic E-state index is 12.5. The number of carboxylic acids is 1. The molecule has 2 aromatic carbocycles. The van der Waals surface area contributed by atoms with Crippen molar-refractivity contribution in [1.29, 1.82) is 5.26 Å². The second kappa shape index (κ2) is 8.02. The van der Waals surface area contributed by atoms with Gasteiger partial charge in [-0.3, -0.25) is 14.9 Å². The number of carboxylic acid groups (broad SMARTS) is 1. The number of nitrogens with zero attached hydrogens (tertiary/aromatic N) is 2. The normalized spacial score (nSPS) is 10.9. The summed E-state index contributed by atoms with van der Waals surface area (Å²) in [5.74, 6) is -1.39. The molecule has 0 aliphatic heterocycles. The third kappa shape index (κ3) is 4.09. The van der Waals surface area contributed by atoms with Crippen LogP contribution in [0, 0.1) is 21.4 Å². The van der Waals surface area contributed by atoms with Gasteiger partial charge in [-0.15, -0.1) is 0 Å². The van der Waals surface area contributed by atoms with E-state index in [9.17, 15) is 30.1 Å². The lowest BCUT2D eigenvalue weighted by atomic mass is 10.0. The summed E-state index contributed by atoms with van der Waals surface area (Å²) in [5, 5.41) is 29.5. The van der Waals surface area contributed by atoms with Crippen molar-refractivity contribution < 1.29 is 24.0 Å².